The Labute approximate surface area is 125 Å². The van der Waals surface area contributed by atoms with Crippen LogP contribution in [0.3, 0.4) is 0 Å². The van der Waals surface area contributed by atoms with Gasteiger partial charge in [-0.25, -0.2) is 14.8 Å². The lowest BCUT2D eigenvalue weighted by atomic mass is 10.1. The standard InChI is InChI=1S/C17H11N3O2/c21-17(22)14-10-20(16-13(14)6-3-8-18-16)15-12-5-2-1-4-11(12)7-9-19-15/h1-10H,(H,21,22). The van der Waals surface area contributed by atoms with Crippen LogP contribution < -0.4 is 0 Å². The van der Waals surface area contributed by atoms with Crippen LogP contribution in [0, 0.1) is 0 Å². The van der Waals surface area contributed by atoms with Crippen molar-refractivity contribution in [1.82, 2.24) is 14.5 Å². The number of benzene rings is 1. The van der Waals surface area contributed by atoms with Gasteiger partial charge in [0.25, 0.3) is 0 Å². The fourth-order valence-corrected chi connectivity index (χ4v) is 2.69. The minimum atomic E-state index is -0.975. The molecule has 0 amide bonds. The van der Waals surface area contributed by atoms with Crippen molar-refractivity contribution >= 4 is 27.8 Å². The van der Waals surface area contributed by atoms with Crippen molar-refractivity contribution in [3.8, 4) is 5.82 Å². The van der Waals surface area contributed by atoms with E-state index in [1.807, 2.05) is 30.3 Å². The minimum absolute atomic E-state index is 0.220. The molecular formula is C17H11N3O2. The molecule has 0 fully saturated rings. The van der Waals surface area contributed by atoms with Crippen molar-refractivity contribution in [1.29, 1.82) is 0 Å². The molecule has 0 unspecified atom stereocenters. The number of carboxylic acids is 1. The van der Waals surface area contributed by atoms with Gasteiger partial charge < -0.3 is 5.11 Å². The van der Waals surface area contributed by atoms with Crippen LogP contribution in [-0.2, 0) is 0 Å². The first-order chi connectivity index (χ1) is 10.8. The highest BCUT2D eigenvalue weighted by atomic mass is 16.4. The molecule has 5 nitrogen and oxygen atoms in total. The Morgan fingerprint density at radius 3 is 2.64 bits per heavy atom. The largest absolute Gasteiger partial charge is 0.478 e. The second-order valence-corrected chi connectivity index (χ2v) is 4.95. The predicted molar refractivity (Wildman–Crippen MR) is 83.3 cm³/mol. The zero-order valence-electron chi connectivity index (χ0n) is 11.5. The van der Waals surface area contributed by atoms with Crippen LogP contribution in [0.5, 0.6) is 0 Å². The molecule has 1 N–H and O–H groups in total. The maximum absolute atomic E-state index is 11.5. The number of rotatable bonds is 2. The van der Waals surface area contributed by atoms with Crippen LogP contribution in [0.4, 0.5) is 0 Å². The molecule has 0 bridgehead atoms. The molecule has 106 valence electrons. The maximum atomic E-state index is 11.5. The summed E-state index contributed by atoms with van der Waals surface area (Å²) in [6, 6.07) is 13.3. The number of aromatic nitrogens is 3. The van der Waals surface area contributed by atoms with Crippen molar-refractivity contribution in [3.05, 3.63) is 66.6 Å². The topological polar surface area (TPSA) is 68.0 Å². The first-order valence-electron chi connectivity index (χ1n) is 6.79. The summed E-state index contributed by atoms with van der Waals surface area (Å²) in [5, 5.41) is 12.0. The van der Waals surface area contributed by atoms with Crippen LogP contribution in [0.25, 0.3) is 27.6 Å². The number of pyridine rings is 2. The molecule has 0 saturated heterocycles. The fourth-order valence-electron chi connectivity index (χ4n) is 2.69. The van der Waals surface area contributed by atoms with E-state index in [2.05, 4.69) is 9.97 Å². The van der Waals surface area contributed by atoms with Gasteiger partial charge in [0.05, 0.1) is 5.56 Å². The Morgan fingerprint density at radius 1 is 0.955 bits per heavy atom. The molecule has 0 atom stereocenters. The molecule has 1 aromatic carbocycles. The second-order valence-electron chi connectivity index (χ2n) is 4.95. The summed E-state index contributed by atoms with van der Waals surface area (Å²) in [5.74, 6) is -0.300. The number of carbonyl (C=O) groups is 1. The van der Waals surface area contributed by atoms with E-state index < -0.39 is 5.97 Å². The third-order valence-corrected chi connectivity index (χ3v) is 3.67. The van der Waals surface area contributed by atoms with E-state index in [4.69, 9.17) is 0 Å². The normalized spacial score (nSPS) is 11.1. The molecule has 0 radical (unpaired) electrons. The zero-order valence-corrected chi connectivity index (χ0v) is 11.5. The van der Waals surface area contributed by atoms with Crippen LogP contribution in [0.2, 0.25) is 0 Å². The van der Waals surface area contributed by atoms with E-state index in [9.17, 15) is 9.90 Å². The highest BCUT2D eigenvalue weighted by Gasteiger charge is 2.17. The Balaban J connectivity index is 2.11. The van der Waals surface area contributed by atoms with E-state index >= 15 is 0 Å². The number of carboxylic acid groups (broad SMARTS) is 1. The van der Waals surface area contributed by atoms with Crippen molar-refractivity contribution < 1.29 is 9.90 Å². The quantitative estimate of drug-likeness (QED) is 0.615. The minimum Gasteiger partial charge on any atom is -0.478 e. The van der Waals surface area contributed by atoms with Gasteiger partial charge in [-0.2, -0.15) is 0 Å². The van der Waals surface area contributed by atoms with Crippen molar-refractivity contribution in [3.63, 3.8) is 0 Å². The Hall–Kier alpha value is -3.21. The zero-order chi connectivity index (χ0) is 15.1. The van der Waals surface area contributed by atoms with E-state index in [1.54, 1.807) is 35.3 Å². The molecule has 4 rings (SSSR count). The highest BCUT2D eigenvalue weighted by Crippen LogP contribution is 2.26. The molecule has 0 aliphatic heterocycles. The monoisotopic (exact) mass is 289 g/mol. The molecule has 0 aliphatic rings. The summed E-state index contributed by atoms with van der Waals surface area (Å²) < 4.78 is 1.74. The summed E-state index contributed by atoms with van der Waals surface area (Å²) in [7, 11) is 0. The predicted octanol–water partition coefficient (Wildman–Crippen LogP) is 3.27. The molecule has 0 spiro atoms. The SMILES string of the molecule is O=C(O)c1cn(-c2nccc3ccccc23)c2ncccc12. The molecule has 22 heavy (non-hydrogen) atoms. The van der Waals surface area contributed by atoms with Crippen LogP contribution in [0.1, 0.15) is 10.4 Å². The Kier molecular flexibility index (Phi) is 2.66. The third kappa shape index (κ3) is 1.76. The number of fused-ring (bicyclic) bond motifs is 2. The summed E-state index contributed by atoms with van der Waals surface area (Å²) in [6.07, 6.45) is 4.94. The molecule has 4 aromatic rings. The first-order valence-corrected chi connectivity index (χ1v) is 6.79. The molecule has 5 heteroatoms. The van der Waals surface area contributed by atoms with Gasteiger partial charge >= 0.3 is 5.97 Å². The van der Waals surface area contributed by atoms with Gasteiger partial charge in [-0.15, -0.1) is 0 Å². The van der Waals surface area contributed by atoms with Gasteiger partial charge in [0.2, 0.25) is 0 Å². The second kappa shape index (κ2) is 4.66. The van der Waals surface area contributed by atoms with Crippen molar-refractivity contribution in [2.75, 3.05) is 0 Å². The average Bonchev–Trinajstić information content (AvgIpc) is 2.94. The number of hydrogen-bond acceptors (Lipinski definition) is 3. The van der Waals surface area contributed by atoms with Gasteiger partial charge in [0, 0.05) is 29.4 Å². The number of aromatic carboxylic acids is 1. The van der Waals surface area contributed by atoms with Crippen LogP contribution in [0.15, 0.2) is 61.1 Å². The molecular weight excluding hydrogens is 278 g/mol. The van der Waals surface area contributed by atoms with Crippen LogP contribution >= 0.6 is 0 Å². The average molecular weight is 289 g/mol. The van der Waals surface area contributed by atoms with E-state index in [0.29, 0.717) is 16.9 Å². The van der Waals surface area contributed by atoms with Crippen molar-refractivity contribution in [2.24, 2.45) is 0 Å². The van der Waals surface area contributed by atoms with E-state index in [-0.39, 0.29) is 5.56 Å². The smallest absolute Gasteiger partial charge is 0.337 e. The van der Waals surface area contributed by atoms with Gasteiger partial charge in [0.1, 0.15) is 11.5 Å². The number of hydrogen-bond donors (Lipinski definition) is 1. The Morgan fingerprint density at radius 2 is 1.77 bits per heavy atom. The van der Waals surface area contributed by atoms with Gasteiger partial charge in [-0.1, -0.05) is 24.3 Å². The fraction of sp³-hybridized carbons (Fsp3) is 0. The van der Waals surface area contributed by atoms with Gasteiger partial charge in [0.15, 0.2) is 0 Å². The van der Waals surface area contributed by atoms with Gasteiger partial charge in [-0.05, 0) is 23.6 Å². The lowest BCUT2D eigenvalue weighted by Crippen LogP contribution is -1.98. The lowest BCUT2D eigenvalue weighted by Gasteiger charge is -2.07. The molecule has 3 heterocycles. The highest BCUT2D eigenvalue weighted by molar-refractivity contribution is 6.03. The van der Waals surface area contributed by atoms with E-state index in [0.717, 1.165) is 10.8 Å². The Bertz CT molecular complexity index is 1020. The maximum Gasteiger partial charge on any atom is 0.337 e. The summed E-state index contributed by atoms with van der Waals surface area (Å²) >= 11 is 0. The first kappa shape index (κ1) is 12.5. The summed E-state index contributed by atoms with van der Waals surface area (Å²) in [4.78, 5) is 20.2. The van der Waals surface area contributed by atoms with Gasteiger partial charge in [-0.3, -0.25) is 4.57 Å². The number of nitrogens with zero attached hydrogens (tertiary/aromatic N) is 3. The summed E-state index contributed by atoms with van der Waals surface area (Å²) in [5.41, 5.74) is 0.807. The van der Waals surface area contributed by atoms with Crippen LogP contribution in [-0.4, -0.2) is 25.6 Å². The third-order valence-electron chi connectivity index (χ3n) is 3.67. The van der Waals surface area contributed by atoms with E-state index in [1.165, 1.54) is 0 Å². The summed E-state index contributed by atoms with van der Waals surface area (Å²) in [6.45, 7) is 0. The van der Waals surface area contributed by atoms with Crippen molar-refractivity contribution in [2.45, 2.75) is 0 Å². The molecule has 0 aliphatic carbocycles. The molecule has 3 aromatic heterocycles. The lowest BCUT2D eigenvalue weighted by molar-refractivity contribution is 0.0699. The molecule has 0 saturated carbocycles.